The van der Waals surface area contributed by atoms with Crippen molar-refractivity contribution in [2.45, 2.75) is 32.4 Å². The number of carbonyl (C=O) groups excluding carboxylic acids is 2. The van der Waals surface area contributed by atoms with Crippen molar-refractivity contribution in [2.24, 2.45) is 4.99 Å². The lowest BCUT2D eigenvalue weighted by atomic mass is 10.1. The Kier molecular flexibility index (Phi) is 12.3. The van der Waals surface area contributed by atoms with Crippen LogP contribution in [0.2, 0.25) is 0 Å². The summed E-state index contributed by atoms with van der Waals surface area (Å²) in [6.45, 7) is 7.76. The number of anilines is 1. The number of rotatable bonds is 15. The summed E-state index contributed by atoms with van der Waals surface area (Å²) in [7, 11) is 3.25. The third-order valence-electron chi connectivity index (χ3n) is 5.73. The number of thioether (sulfide) groups is 1. The topological polar surface area (TPSA) is 105 Å². The van der Waals surface area contributed by atoms with Crippen LogP contribution in [0.1, 0.15) is 26.3 Å². The molecule has 3 rings (SSSR count). The van der Waals surface area contributed by atoms with Gasteiger partial charge in [0.05, 0.1) is 44.7 Å². The summed E-state index contributed by atoms with van der Waals surface area (Å²) in [5.41, 5.74) is 0.165. The molecule has 0 saturated heterocycles. The largest absolute Gasteiger partial charge is 0.487 e. The third kappa shape index (κ3) is 8.95. The third-order valence-corrected chi connectivity index (χ3v) is 7.02. The van der Waals surface area contributed by atoms with Gasteiger partial charge >= 0.3 is 12.1 Å². The molecule has 2 aromatic rings. The van der Waals surface area contributed by atoms with Crippen molar-refractivity contribution < 1.29 is 38.0 Å². The Bertz CT molecular complexity index is 1140. The fourth-order valence-electron chi connectivity index (χ4n) is 3.57. The zero-order valence-corrected chi connectivity index (χ0v) is 24.5. The molecule has 0 aliphatic carbocycles. The average molecular weight is 575 g/mol. The summed E-state index contributed by atoms with van der Waals surface area (Å²) in [6.07, 6.45) is -0.854. The van der Waals surface area contributed by atoms with E-state index < -0.39 is 17.6 Å². The van der Waals surface area contributed by atoms with Crippen LogP contribution in [-0.2, 0) is 23.7 Å². The van der Waals surface area contributed by atoms with E-state index in [2.05, 4.69) is 0 Å². The molecule has 10 nitrogen and oxygen atoms in total. The predicted octanol–water partition coefficient (Wildman–Crippen LogP) is 4.58. The van der Waals surface area contributed by atoms with Gasteiger partial charge in [-0.1, -0.05) is 24.3 Å². The van der Waals surface area contributed by atoms with Gasteiger partial charge in [-0.3, -0.25) is 9.89 Å². The number of hydrogen-bond donors (Lipinski definition) is 0. The van der Waals surface area contributed by atoms with Gasteiger partial charge < -0.3 is 28.4 Å². The molecule has 2 aromatic carbocycles. The van der Waals surface area contributed by atoms with Crippen molar-refractivity contribution in [1.29, 1.82) is 0 Å². The summed E-state index contributed by atoms with van der Waals surface area (Å²) in [5.74, 6) is 0.569. The van der Waals surface area contributed by atoms with Crippen LogP contribution >= 0.6 is 11.8 Å². The van der Waals surface area contributed by atoms with Gasteiger partial charge in [-0.25, -0.2) is 9.59 Å². The Morgan fingerprint density at radius 1 is 0.975 bits per heavy atom. The van der Waals surface area contributed by atoms with Gasteiger partial charge in [0.15, 0.2) is 17.0 Å². The monoisotopic (exact) mass is 574 g/mol. The Morgan fingerprint density at radius 3 is 2.33 bits per heavy atom. The van der Waals surface area contributed by atoms with Crippen LogP contribution in [0, 0.1) is 0 Å². The summed E-state index contributed by atoms with van der Waals surface area (Å²) < 4.78 is 33.2. The van der Waals surface area contributed by atoms with Crippen molar-refractivity contribution in [3.05, 3.63) is 54.1 Å². The van der Waals surface area contributed by atoms with Crippen LogP contribution in [-0.4, -0.2) is 88.3 Å². The maximum atomic E-state index is 13.2. The van der Waals surface area contributed by atoms with Crippen LogP contribution in [0.5, 0.6) is 11.5 Å². The second-order valence-corrected chi connectivity index (χ2v) is 10.4. The molecule has 0 saturated carbocycles. The lowest BCUT2D eigenvalue weighted by Gasteiger charge is -2.20. The Labute approximate surface area is 239 Å². The molecule has 1 heterocycles. The van der Waals surface area contributed by atoms with Gasteiger partial charge in [0.2, 0.25) is 0 Å². The zero-order chi connectivity index (χ0) is 29.0. The molecule has 1 aliphatic rings. The molecule has 11 heteroatoms. The van der Waals surface area contributed by atoms with Crippen molar-refractivity contribution in [3.8, 4) is 11.5 Å². The van der Waals surface area contributed by atoms with Crippen molar-refractivity contribution in [3.63, 3.8) is 0 Å². The van der Waals surface area contributed by atoms with Crippen LogP contribution in [0.15, 0.2) is 53.5 Å². The number of para-hydroxylation sites is 2. The van der Waals surface area contributed by atoms with Gasteiger partial charge in [-0.2, -0.15) is 0 Å². The first kappa shape index (κ1) is 31.4. The van der Waals surface area contributed by atoms with Gasteiger partial charge in [0, 0.05) is 25.6 Å². The first-order valence-electron chi connectivity index (χ1n) is 13.1. The quantitative estimate of drug-likeness (QED) is 0.223. The highest BCUT2D eigenvalue weighted by Crippen LogP contribution is 2.39. The molecule has 40 heavy (non-hydrogen) atoms. The van der Waals surface area contributed by atoms with E-state index in [1.165, 1.54) is 16.7 Å². The number of ether oxygens (including phenoxy) is 6. The van der Waals surface area contributed by atoms with E-state index >= 15 is 0 Å². The molecule has 1 atom stereocenters. The van der Waals surface area contributed by atoms with Gasteiger partial charge in [-0.05, 0) is 45.0 Å². The number of hydrogen-bond acceptors (Lipinski definition) is 10. The minimum absolute atomic E-state index is 0.214. The van der Waals surface area contributed by atoms with Gasteiger partial charge in [-0.15, -0.1) is 11.8 Å². The predicted molar refractivity (Wildman–Crippen MR) is 155 cm³/mol. The number of nitrogens with zero attached hydrogens (tertiary/aromatic N) is 2. The molecule has 0 fully saturated rings. The minimum Gasteiger partial charge on any atom is -0.487 e. The van der Waals surface area contributed by atoms with Crippen LogP contribution < -0.4 is 14.4 Å². The second-order valence-electron chi connectivity index (χ2n) is 9.39. The zero-order valence-electron chi connectivity index (χ0n) is 23.7. The summed E-state index contributed by atoms with van der Waals surface area (Å²) in [5, 5.41) is 0.559. The highest BCUT2D eigenvalue weighted by molar-refractivity contribution is 8.14. The molecule has 0 radical (unpaired) electrons. The molecule has 1 aliphatic heterocycles. The number of methoxy groups -OCH3 is 1. The highest BCUT2D eigenvalue weighted by atomic mass is 32.2. The van der Waals surface area contributed by atoms with Crippen LogP contribution in [0.4, 0.5) is 10.5 Å². The lowest BCUT2D eigenvalue weighted by molar-refractivity contribution is -0.152. The molecule has 0 aromatic heterocycles. The smallest absolute Gasteiger partial charge is 0.419 e. The van der Waals surface area contributed by atoms with E-state index in [1.54, 1.807) is 53.1 Å². The van der Waals surface area contributed by atoms with E-state index in [4.69, 9.17) is 33.4 Å². The molecular weight excluding hydrogens is 536 g/mol. The van der Waals surface area contributed by atoms with Gasteiger partial charge in [0.1, 0.15) is 11.7 Å². The average Bonchev–Trinajstić information content (AvgIpc) is 3.35. The number of benzene rings is 2. The SMILES string of the molecule is COCCOCCOCCOc1cccc(C2=NC(C)(C(=O)OC(C)C)CS2)c1OC(=O)N(C)c1ccccc1. The Hall–Kier alpha value is -3.12. The maximum absolute atomic E-state index is 13.2. The molecule has 1 unspecified atom stereocenters. The normalized spacial score (nSPS) is 16.5. The van der Waals surface area contributed by atoms with E-state index in [0.29, 0.717) is 60.8 Å². The fraction of sp³-hybridized carbons (Fsp3) is 0.483. The molecule has 1 amide bonds. The van der Waals surface area contributed by atoms with Crippen LogP contribution in [0.3, 0.4) is 0 Å². The second kappa shape index (κ2) is 15.6. The molecule has 0 spiro atoms. The summed E-state index contributed by atoms with van der Waals surface area (Å²) >= 11 is 1.40. The van der Waals surface area contributed by atoms with E-state index in [1.807, 2.05) is 30.3 Å². The number of aliphatic imine (C=N–C) groups is 1. The first-order chi connectivity index (χ1) is 19.2. The van der Waals surface area contributed by atoms with E-state index in [-0.39, 0.29) is 18.5 Å². The van der Waals surface area contributed by atoms with Crippen molar-refractivity contribution in [1.82, 2.24) is 0 Å². The molecule has 0 N–H and O–H groups in total. The first-order valence-corrected chi connectivity index (χ1v) is 14.1. The van der Waals surface area contributed by atoms with E-state index in [9.17, 15) is 9.59 Å². The minimum atomic E-state index is -1.05. The molecule has 218 valence electrons. The number of carbonyl (C=O) groups is 2. The maximum Gasteiger partial charge on any atom is 0.419 e. The van der Waals surface area contributed by atoms with Crippen molar-refractivity contribution in [2.75, 3.05) is 64.5 Å². The number of esters is 1. The highest BCUT2D eigenvalue weighted by Gasteiger charge is 2.41. The molecule has 0 bridgehead atoms. The standard InChI is InChI=1S/C29H38N2O8S/c1-21(2)38-27(32)29(3)20-40-26(30-29)23-12-9-13-24(37-19-18-36-17-16-35-15-14-34-5)25(23)39-28(33)31(4)22-10-7-6-8-11-22/h6-13,21H,14-20H2,1-5H3. The number of amides is 1. The lowest BCUT2D eigenvalue weighted by Crippen LogP contribution is -2.37. The van der Waals surface area contributed by atoms with Gasteiger partial charge in [0.25, 0.3) is 0 Å². The Balaban J connectivity index is 1.78. The molecular formula is C29H38N2O8S. The summed E-state index contributed by atoms with van der Waals surface area (Å²) in [6, 6.07) is 14.5. The fourth-order valence-corrected chi connectivity index (χ4v) is 4.75. The Morgan fingerprint density at radius 2 is 1.65 bits per heavy atom. The van der Waals surface area contributed by atoms with Crippen LogP contribution in [0.25, 0.3) is 0 Å². The summed E-state index contributed by atoms with van der Waals surface area (Å²) in [4.78, 5) is 32.0. The van der Waals surface area contributed by atoms with Crippen molar-refractivity contribution >= 4 is 34.6 Å². The van der Waals surface area contributed by atoms with E-state index in [0.717, 1.165) is 0 Å².